The molecule has 0 saturated carbocycles. The van der Waals surface area contributed by atoms with Crippen molar-refractivity contribution in [3.63, 3.8) is 0 Å². The van der Waals surface area contributed by atoms with Gasteiger partial charge in [-0.25, -0.2) is 4.39 Å². The van der Waals surface area contributed by atoms with Gasteiger partial charge >= 0.3 is 6.18 Å². The molecule has 2 unspecified atom stereocenters. The Kier molecular flexibility index (Phi) is 2.84. The molecular weight excluding hydrogens is 166 g/mol. The highest BCUT2D eigenvalue weighted by atomic mass is 19.4. The van der Waals surface area contributed by atoms with Crippen LogP contribution < -0.4 is 5.73 Å². The molecule has 0 aromatic heterocycles. The van der Waals surface area contributed by atoms with Crippen molar-refractivity contribution in [1.29, 1.82) is 0 Å². The molecule has 2 N–H and O–H groups in total. The second-order valence-electron chi connectivity index (χ2n) is 2.13. The van der Waals surface area contributed by atoms with Crippen LogP contribution in [0, 0.1) is 5.92 Å². The van der Waals surface area contributed by atoms with Crippen LogP contribution in [0.1, 0.15) is 6.92 Å². The number of primary amides is 1. The zero-order valence-electron chi connectivity index (χ0n) is 5.65. The third kappa shape index (κ3) is 2.73. The van der Waals surface area contributed by atoms with Gasteiger partial charge in [0.1, 0.15) is 0 Å². The van der Waals surface area contributed by atoms with E-state index < -0.39 is 24.2 Å². The predicted molar refractivity (Wildman–Crippen MR) is 29.3 cm³/mol. The average molecular weight is 173 g/mol. The van der Waals surface area contributed by atoms with Crippen molar-refractivity contribution in [2.75, 3.05) is 0 Å². The maximum atomic E-state index is 12.2. The quantitative estimate of drug-likeness (QED) is 0.622. The number of hydrogen-bond donors (Lipinski definition) is 1. The first-order valence-corrected chi connectivity index (χ1v) is 2.77. The number of nitrogens with two attached hydrogens (primary N) is 1. The van der Waals surface area contributed by atoms with Gasteiger partial charge in [-0.15, -0.1) is 0 Å². The van der Waals surface area contributed by atoms with Crippen molar-refractivity contribution in [1.82, 2.24) is 0 Å². The van der Waals surface area contributed by atoms with Gasteiger partial charge in [-0.3, -0.25) is 4.79 Å². The second-order valence-corrected chi connectivity index (χ2v) is 2.13. The molecule has 1 amide bonds. The van der Waals surface area contributed by atoms with Crippen molar-refractivity contribution in [2.24, 2.45) is 11.7 Å². The minimum absolute atomic E-state index is 0.565. The number of alkyl halides is 4. The summed E-state index contributed by atoms with van der Waals surface area (Å²) in [6.07, 6.45) is -7.37. The zero-order valence-corrected chi connectivity index (χ0v) is 5.65. The third-order valence-corrected chi connectivity index (χ3v) is 1.23. The van der Waals surface area contributed by atoms with Gasteiger partial charge in [0.05, 0.1) is 5.92 Å². The van der Waals surface area contributed by atoms with E-state index in [2.05, 4.69) is 5.73 Å². The summed E-state index contributed by atoms with van der Waals surface area (Å²) in [5, 5.41) is 0. The summed E-state index contributed by atoms with van der Waals surface area (Å²) < 4.78 is 47.1. The van der Waals surface area contributed by atoms with Crippen LogP contribution in [0.5, 0.6) is 0 Å². The summed E-state index contributed by atoms with van der Waals surface area (Å²) >= 11 is 0. The van der Waals surface area contributed by atoms with E-state index >= 15 is 0 Å². The van der Waals surface area contributed by atoms with Gasteiger partial charge in [-0.05, 0) is 0 Å². The minimum atomic E-state index is -4.71. The zero-order chi connectivity index (χ0) is 9.23. The molecule has 0 aromatic rings. The van der Waals surface area contributed by atoms with Gasteiger partial charge in [0.25, 0.3) is 5.91 Å². The number of carbonyl (C=O) groups excluding carboxylic acids is 1. The van der Waals surface area contributed by atoms with E-state index in [1.165, 1.54) is 0 Å². The van der Waals surface area contributed by atoms with E-state index in [-0.39, 0.29) is 0 Å². The molecule has 11 heavy (non-hydrogen) atoms. The van der Waals surface area contributed by atoms with Crippen LogP contribution in [0.2, 0.25) is 0 Å². The standard InChI is InChI=1S/C5H7F4NO/c1-2(5(7,8)9)3(6)4(10)11/h2-3H,1H3,(H2,10,11). The summed E-state index contributed by atoms with van der Waals surface area (Å²) in [5.41, 5.74) is 4.32. The monoisotopic (exact) mass is 173 g/mol. The molecule has 0 aliphatic carbocycles. The van der Waals surface area contributed by atoms with Gasteiger partial charge in [0.2, 0.25) is 0 Å². The Morgan fingerprint density at radius 1 is 1.45 bits per heavy atom. The van der Waals surface area contributed by atoms with Gasteiger partial charge in [0.15, 0.2) is 6.17 Å². The van der Waals surface area contributed by atoms with Crippen LogP contribution in [-0.2, 0) is 4.79 Å². The van der Waals surface area contributed by atoms with Crippen LogP contribution in [-0.4, -0.2) is 18.3 Å². The Morgan fingerprint density at radius 2 is 1.82 bits per heavy atom. The number of carbonyl (C=O) groups is 1. The fourth-order valence-corrected chi connectivity index (χ4v) is 0.412. The van der Waals surface area contributed by atoms with Crippen LogP contribution in [0.3, 0.4) is 0 Å². The first-order chi connectivity index (χ1) is 4.76. The Labute approximate surface area is 60.4 Å². The Balaban J connectivity index is 4.25. The first-order valence-electron chi connectivity index (χ1n) is 2.77. The van der Waals surface area contributed by atoms with Crippen LogP contribution in [0.4, 0.5) is 17.6 Å². The molecular formula is C5H7F4NO. The molecule has 0 rings (SSSR count). The molecule has 0 aliphatic heterocycles. The van der Waals surface area contributed by atoms with Crippen molar-refractivity contribution in [2.45, 2.75) is 19.3 Å². The minimum Gasteiger partial charge on any atom is -0.367 e. The molecule has 0 heterocycles. The Morgan fingerprint density at radius 3 is 1.91 bits per heavy atom. The van der Waals surface area contributed by atoms with E-state index in [0.717, 1.165) is 0 Å². The lowest BCUT2D eigenvalue weighted by Crippen LogP contribution is -2.38. The maximum absolute atomic E-state index is 12.2. The van der Waals surface area contributed by atoms with Gasteiger partial charge in [0, 0.05) is 0 Å². The molecule has 2 nitrogen and oxygen atoms in total. The fraction of sp³-hybridized carbons (Fsp3) is 0.800. The lowest BCUT2D eigenvalue weighted by atomic mass is 10.1. The lowest BCUT2D eigenvalue weighted by molar-refractivity contribution is -0.187. The van der Waals surface area contributed by atoms with Gasteiger partial charge in [-0.1, -0.05) is 6.92 Å². The maximum Gasteiger partial charge on any atom is 0.394 e. The highest BCUT2D eigenvalue weighted by molar-refractivity contribution is 5.79. The predicted octanol–water partition coefficient (Wildman–Crippen LogP) is 1.01. The number of amides is 1. The summed E-state index contributed by atoms with van der Waals surface area (Å²) in [6, 6.07) is 0. The van der Waals surface area contributed by atoms with Crippen molar-refractivity contribution in [3.05, 3.63) is 0 Å². The summed E-state index contributed by atoms with van der Waals surface area (Å²) in [6.45, 7) is 0.565. The van der Waals surface area contributed by atoms with E-state index in [0.29, 0.717) is 6.92 Å². The van der Waals surface area contributed by atoms with E-state index in [1.807, 2.05) is 0 Å². The molecule has 0 fully saturated rings. The Hall–Kier alpha value is -0.810. The molecule has 0 bridgehead atoms. The summed E-state index contributed by atoms with van der Waals surface area (Å²) in [7, 11) is 0. The molecule has 0 saturated heterocycles. The summed E-state index contributed by atoms with van der Waals surface area (Å²) in [5.74, 6) is -3.92. The molecule has 0 aliphatic rings. The van der Waals surface area contributed by atoms with Gasteiger partial charge < -0.3 is 5.73 Å². The number of rotatable bonds is 2. The topological polar surface area (TPSA) is 43.1 Å². The molecule has 0 radical (unpaired) electrons. The van der Waals surface area contributed by atoms with E-state index in [4.69, 9.17) is 0 Å². The third-order valence-electron chi connectivity index (χ3n) is 1.23. The van der Waals surface area contributed by atoms with Crippen molar-refractivity contribution >= 4 is 5.91 Å². The van der Waals surface area contributed by atoms with E-state index in [1.54, 1.807) is 0 Å². The number of hydrogen-bond acceptors (Lipinski definition) is 1. The molecule has 0 spiro atoms. The Bertz CT molecular complexity index is 155. The lowest BCUT2D eigenvalue weighted by Gasteiger charge is -2.16. The van der Waals surface area contributed by atoms with Crippen LogP contribution in [0.25, 0.3) is 0 Å². The normalized spacial score (nSPS) is 17.5. The smallest absolute Gasteiger partial charge is 0.367 e. The largest absolute Gasteiger partial charge is 0.394 e. The highest BCUT2D eigenvalue weighted by Crippen LogP contribution is 2.29. The average Bonchev–Trinajstić information content (AvgIpc) is 1.82. The van der Waals surface area contributed by atoms with Crippen molar-refractivity contribution < 1.29 is 22.4 Å². The van der Waals surface area contributed by atoms with Crippen LogP contribution >= 0.6 is 0 Å². The fourth-order valence-electron chi connectivity index (χ4n) is 0.412. The summed E-state index contributed by atoms with van der Waals surface area (Å²) in [4.78, 5) is 9.93. The molecule has 6 heteroatoms. The van der Waals surface area contributed by atoms with E-state index in [9.17, 15) is 22.4 Å². The number of halogens is 4. The first kappa shape index (κ1) is 10.2. The second kappa shape index (κ2) is 3.06. The molecule has 0 aromatic carbocycles. The van der Waals surface area contributed by atoms with Crippen molar-refractivity contribution in [3.8, 4) is 0 Å². The van der Waals surface area contributed by atoms with Crippen LogP contribution in [0.15, 0.2) is 0 Å². The highest BCUT2D eigenvalue weighted by Gasteiger charge is 2.43. The van der Waals surface area contributed by atoms with Gasteiger partial charge in [-0.2, -0.15) is 13.2 Å². The molecule has 66 valence electrons. The molecule has 2 atom stereocenters. The SMILES string of the molecule is CC(C(F)C(N)=O)C(F)(F)F.